The molecule has 0 unspecified atom stereocenters. The maximum absolute atomic E-state index is 13.0. The average Bonchev–Trinajstić information content (AvgIpc) is 3.78. The zero-order chi connectivity index (χ0) is 42.3. The van der Waals surface area contributed by atoms with Gasteiger partial charge in [0.2, 0.25) is 0 Å². The van der Waals surface area contributed by atoms with Crippen molar-refractivity contribution in [3.8, 4) is 45.5 Å². The molecule has 0 aliphatic carbocycles. The number of rotatable bonds is 7. The molecule has 4 aromatic carbocycles. The first-order chi connectivity index (χ1) is 28.8. The third-order valence-electron chi connectivity index (χ3n) is 10.6. The average molecular weight is 1040 g/mol. The van der Waals surface area contributed by atoms with Crippen LogP contribution in [0.1, 0.15) is 41.8 Å². The van der Waals surface area contributed by atoms with Crippen LogP contribution < -0.4 is 4.40 Å². The standard InChI is InChI=1S/C33H22N5O.C18H23FGeN.Ir/c1-19-11-24(23-7-5-4-6-8-23)12-20(2)31(19)38-29-18-35-21(3)13-28(29)37-32(38)25-15-27-26-14-22(16-34)9-10-30(26)39-33(27)36-17-25;1-13(2)10-15-11-18(14-6-8-16(19)9-7-14)21-12-17(15)20(3,4)5;/h4-15,18H,1-3H3;6,8-9,11-13H,10H2,1-5H3;/q2*-1;. The third-order valence-corrected chi connectivity index (χ3v) is 15.0. The number of fused-ring (bicyclic) bond motifs is 4. The van der Waals surface area contributed by atoms with Gasteiger partial charge in [-0.3, -0.25) is 9.97 Å². The fourth-order valence-electron chi connectivity index (χ4n) is 7.88. The molecular weight excluding hydrogens is 996 g/mol. The molecule has 61 heavy (non-hydrogen) atoms. The topological polar surface area (TPSA) is 93.4 Å². The number of halogens is 1. The van der Waals surface area contributed by atoms with Crippen LogP contribution in [0.25, 0.3) is 72.6 Å². The van der Waals surface area contributed by atoms with Crippen LogP contribution in [0.2, 0.25) is 17.3 Å². The van der Waals surface area contributed by atoms with Gasteiger partial charge >= 0.3 is 130 Å². The van der Waals surface area contributed by atoms with Gasteiger partial charge in [-0.25, -0.2) is 0 Å². The van der Waals surface area contributed by atoms with Gasteiger partial charge in [0.15, 0.2) is 0 Å². The molecular formula is C51H45FGeIrN6O-2. The molecule has 7 nitrogen and oxygen atoms in total. The minimum absolute atomic E-state index is 0. The molecule has 9 rings (SSSR count). The SMILES string of the molecule is CC(C)Cc1cc(-c2[c-]cc(F)cc2)nc[c]1[Ge]([CH3])([CH3])[CH3].Cc1cc2nc(-c3[c-]nc4oc5ccc(C#N)cc5c4c3)n(-c3c(C)cc(-c4ccccc4)cc3C)c2cn1.[Ir]. The number of furan rings is 1. The van der Waals surface area contributed by atoms with E-state index in [-0.39, 0.29) is 25.9 Å². The van der Waals surface area contributed by atoms with Crippen LogP contribution in [-0.4, -0.2) is 37.8 Å². The molecule has 5 aromatic heterocycles. The van der Waals surface area contributed by atoms with Gasteiger partial charge in [0.1, 0.15) is 11.3 Å². The van der Waals surface area contributed by atoms with Gasteiger partial charge in [0.05, 0.1) is 34.7 Å². The van der Waals surface area contributed by atoms with Gasteiger partial charge in [0.25, 0.3) is 0 Å². The molecule has 0 aliphatic heterocycles. The summed E-state index contributed by atoms with van der Waals surface area (Å²) in [6, 6.07) is 36.1. The number of benzene rings is 4. The third kappa shape index (κ3) is 8.99. The largest absolute Gasteiger partial charge is 0.483 e. The van der Waals surface area contributed by atoms with E-state index in [1.807, 2.05) is 43.6 Å². The Balaban J connectivity index is 0.000000217. The number of nitriles is 1. The minimum Gasteiger partial charge on any atom is -0.483 e. The Hall–Kier alpha value is -5.79. The second-order valence-electron chi connectivity index (χ2n) is 16.8. The van der Waals surface area contributed by atoms with Crippen molar-refractivity contribution in [2.24, 2.45) is 5.92 Å². The van der Waals surface area contributed by atoms with Crippen LogP contribution >= 0.6 is 0 Å². The molecule has 5 heterocycles. The van der Waals surface area contributed by atoms with Gasteiger partial charge in [-0.1, -0.05) is 35.9 Å². The number of aryl methyl sites for hydroxylation is 3. The molecule has 307 valence electrons. The van der Waals surface area contributed by atoms with Gasteiger partial charge in [-0.2, -0.15) is 5.26 Å². The van der Waals surface area contributed by atoms with Crippen LogP contribution in [0.5, 0.6) is 0 Å². The first-order valence-electron chi connectivity index (χ1n) is 20.1. The van der Waals surface area contributed by atoms with Crippen molar-refractivity contribution in [3.63, 3.8) is 0 Å². The van der Waals surface area contributed by atoms with Crippen molar-refractivity contribution in [3.05, 3.63) is 155 Å². The first-order valence-corrected chi connectivity index (χ1v) is 27.5. The zero-order valence-corrected chi connectivity index (χ0v) is 40.0. The molecule has 0 fully saturated rings. The molecule has 0 amide bonds. The normalized spacial score (nSPS) is 11.4. The van der Waals surface area contributed by atoms with Crippen molar-refractivity contribution in [2.75, 3.05) is 0 Å². The Morgan fingerprint density at radius 3 is 2.26 bits per heavy atom. The molecule has 0 aliphatic rings. The van der Waals surface area contributed by atoms with Crippen LogP contribution in [-0.2, 0) is 26.5 Å². The molecule has 1 radical (unpaired) electrons. The minimum atomic E-state index is -1.93. The maximum Gasteiger partial charge on any atom is 0.141 e. The molecule has 10 heteroatoms. The van der Waals surface area contributed by atoms with E-state index in [0.29, 0.717) is 22.8 Å². The van der Waals surface area contributed by atoms with E-state index in [9.17, 15) is 9.65 Å². The monoisotopic (exact) mass is 1040 g/mol. The summed E-state index contributed by atoms with van der Waals surface area (Å²) in [5.74, 6) is 8.25. The van der Waals surface area contributed by atoms with Gasteiger partial charge in [-0.15, -0.1) is 6.07 Å². The van der Waals surface area contributed by atoms with Gasteiger partial charge < -0.3 is 14.0 Å². The van der Waals surface area contributed by atoms with E-state index in [1.165, 1.54) is 33.2 Å². The van der Waals surface area contributed by atoms with E-state index in [4.69, 9.17) is 9.40 Å². The molecule has 9 aromatic rings. The fraction of sp³-hybridized carbons (Fsp3) is 0.196. The summed E-state index contributed by atoms with van der Waals surface area (Å²) in [5, 5.41) is 11.1. The predicted octanol–water partition coefficient (Wildman–Crippen LogP) is 12.1. The summed E-state index contributed by atoms with van der Waals surface area (Å²) in [4.78, 5) is 18.8. The fourth-order valence-corrected chi connectivity index (χ4v) is 11.2. The second kappa shape index (κ2) is 17.7. The van der Waals surface area contributed by atoms with E-state index in [0.717, 1.165) is 73.4 Å². The Kier molecular flexibility index (Phi) is 12.5. The molecule has 0 atom stereocenters. The summed E-state index contributed by atoms with van der Waals surface area (Å²) in [7, 11) is 0. The summed E-state index contributed by atoms with van der Waals surface area (Å²) in [6.45, 7) is 10.7. The first kappa shape index (κ1) is 43.3. The summed E-state index contributed by atoms with van der Waals surface area (Å²) >= 11 is -1.93. The maximum atomic E-state index is 13.0. The number of imidazole rings is 1. The quantitative estimate of drug-likeness (QED) is 0.117. The van der Waals surface area contributed by atoms with Crippen LogP contribution in [0, 0.1) is 56.1 Å². The molecule has 0 saturated heterocycles. The van der Waals surface area contributed by atoms with Crippen molar-refractivity contribution in [1.29, 1.82) is 5.26 Å². The summed E-state index contributed by atoms with van der Waals surface area (Å²) < 4.78 is 22.6. The van der Waals surface area contributed by atoms with E-state index in [1.54, 1.807) is 18.2 Å². The van der Waals surface area contributed by atoms with E-state index >= 15 is 0 Å². The summed E-state index contributed by atoms with van der Waals surface area (Å²) in [5.41, 5.74) is 13.9. The van der Waals surface area contributed by atoms with Crippen LogP contribution in [0.4, 0.5) is 4.39 Å². The van der Waals surface area contributed by atoms with Crippen molar-refractivity contribution >= 4 is 50.8 Å². The van der Waals surface area contributed by atoms with Crippen molar-refractivity contribution < 1.29 is 28.9 Å². The number of hydrogen-bond donors (Lipinski definition) is 0. The predicted molar refractivity (Wildman–Crippen MR) is 243 cm³/mol. The molecule has 0 spiro atoms. The van der Waals surface area contributed by atoms with Gasteiger partial charge in [0, 0.05) is 36.9 Å². The Labute approximate surface area is 372 Å². The molecule has 0 N–H and O–H groups in total. The number of aromatic nitrogens is 5. The van der Waals surface area contributed by atoms with E-state index in [2.05, 4.69) is 125 Å². The number of pyridine rings is 3. The second-order valence-corrected chi connectivity index (χ2v) is 27.4. The Morgan fingerprint density at radius 2 is 1.59 bits per heavy atom. The number of nitrogens with zero attached hydrogens (tertiary/aromatic N) is 6. The smallest absolute Gasteiger partial charge is 0.141 e. The zero-order valence-electron chi connectivity index (χ0n) is 35.5. The molecule has 0 bridgehead atoms. The summed E-state index contributed by atoms with van der Waals surface area (Å²) in [6.07, 6.45) is 8.16. The Bertz CT molecular complexity index is 3070. The number of hydrogen-bond acceptors (Lipinski definition) is 6. The van der Waals surface area contributed by atoms with Crippen LogP contribution in [0.15, 0.2) is 114 Å². The van der Waals surface area contributed by atoms with Crippen LogP contribution in [0.3, 0.4) is 0 Å². The Morgan fingerprint density at radius 1 is 0.836 bits per heavy atom. The van der Waals surface area contributed by atoms with Crippen molar-refractivity contribution in [2.45, 2.75) is 58.3 Å². The van der Waals surface area contributed by atoms with E-state index < -0.39 is 13.3 Å². The molecule has 0 saturated carbocycles. The van der Waals surface area contributed by atoms with Crippen molar-refractivity contribution in [1.82, 2.24) is 24.5 Å². The van der Waals surface area contributed by atoms with Gasteiger partial charge in [-0.05, 0) is 91.0 Å².